The third kappa shape index (κ3) is 6.45. The summed E-state index contributed by atoms with van der Waals surface area (Å²) in [7, 11) is -1.53. The Hall–Kier alpha value is -2.46. The van der Waals surface area contributed by atoms with Crippen molar-refractivity contribution in [3.63, 3.8) is 0 Å². The standard InChI is InChI=1S/C26H40N4O5S/c1-8-21-29-22(24(31)28-16-26(32)11-9-19(10-12-26)36(7,33)34)17(2)30(21)23-20(35-6)13-18(15-27-23)14-25(3,4)5/h13,15,19,32H,8-12,14,16H2,1-7H3,(H,28,31). The van der Waals surface area contributed by atoms with Crippen LogP contribution < -0.4 is 10.1 Å². The summed E-state index contributed by atoms with van der Waals surface area (Å²) in [4.78, 5) is 22.4. The SMILES string of the molecule is CCc1nc(C(=O)NCC2(O)CCC(S(C)(=O)=O)CC2)c(C)n1-c1ncc(CC(C)(C)C)cc1OC. The number of carbonyl (C=O) groups is 1. The summed E-state index contributed by atoms with van der Waals surface area (Å²) in [5.41, 5.74) is 0.937. The molecule has 1 aliphatic rings. The van der Waals surface area contributed by atoms with Gasteiger partial charge in [-0.25, -0.2) is 18.4 Å². The summed E-state index contributed by atoms with van der Waals surface area (Å²) in [6.07, 6.45) is 5.91. The normalized spacial score (nSPS) is 20.8. The highest BCUT2D eigenvalue weighted by Crippen LogP contribution is 2.32. The third-order valence-electron chi connectivity index (χ3n) is 6.81. The van der Waals surface area contributed by atoms with Gasteiger partial charge in [-0.2, -0.15) is 0 Å². The van der Waals surface area contributed by atoms with Crippen molar-refractivity contribution in [1.82, 2.24) is 19.9 Å². The van der Waals surface area contributed by atoms with Crippen LogP contribution in [0.2, 0.25) is 0 Å². The van der Waals surface area contributed by atoms with Crippen molar-refractivity contribution < 1.29 is 23.1 Å². The van der Waals surface area contributed by atoms with Crippen molar-refractivity contribution in [3.05, 3.63) is 35.0 Å². The number of amides is 1. The molecule has 0 bridgehead atoms. The van der Waals surface area contributed by atoms with Gasteiger partial charge in [0.2, 0.25) is 0 Å². The lowest BCUT2D eigenvalue weighted by molar-refractivity contribution is 0.00606. The van der Waals surface area contributed by atoms with Gasteiger partial charge in [-0.1, -0.05) is 27.7 Å². The van der Waals surface area contributed by atoms with Crippen LogP contribution >= 0.6 is 0 Å². The molecular formula is C26H40N4O5S. The number of hydrogen-bond donors (Lipinski definition) is 2. The molecule has 1 saturated carbocycles. The minimum atomic E-state index is -3.13. The Kier molecular flexibility index (Phi) is 8.20. The molecule has 9 nitrogen and oxygen atoms in total. The molecule has 2 aromatic rings. The van der Waals surface area contributed by atoms with Crippen molar-refractivity contribution in [2.45, 2.75) is 84.0 Å². The van der Waals surface area contributed by atoms with Crippen LogP contribution in [0.25, 0.3) is 5.82 Å². The van der Waals surface area contributed by atoms with Gasteiger partial charge in [0.25, 0.3) is 5.91 Å². The van der Waals surface area contributed by atoms with Gasteiger partial charge in [0.15, 0.2) is 11.6 Å². The zero-order valence-corrected chi connectivity index (χ0v) is 23.3. The maximum Gasteiger partial charge on any atom is 0.271 e. The minimum absolute atomic E-state index is 0.0408. The van der Waals surface area contributed by atoms with E-state index in [2.05, 4.69) is 36.1 Å². The van der Waals surface area contributed by atoms with Crippen LogP contribution in [0.1, 0.15) is 80.9 Å². The van der Waals surface area contributed by atoms with E-state index >= 15 is 0 Å². The van der Waals surface area contributed by atoms with E-state index in [4.69, 9.17) is 4.74 Å². The molecular weight excluding hydrogens is 480 g/mol. The highest BCUT2D eigenvalue weighted by Gasteiger charge is 2.37. The van der Waals surface area contributed by atoms with Crippen LogP contribution in [0.5, 0.6) is 5.75 Å². The summed E-state index contributed by atoms with van der Waals surface area (Å²) in [5.74, 6) is 1.48. The van der Waals surface area contributed by atoms with Crippen molar-refractivity contribution >= 4 is 15.7 Å². The van der Waals surface area contributed by atoms with E-state index in [0.717, 1.165) is 12.0 Å². The second-order valence-corrected chi connectivity index (χ2v) is 13.5. The number of pyridine rings is 1. The first-order valence-electron chi connectivity index (χ1n) is 12.5. The molecule has 0 unspecified atom stereocenters. The van der Waals surface area contributed by atoms with Gasteiger partial charge in [-0.15, -0.1) is 0 Å². The summed E-state index contributed by atoms with van der Waals surface area (Å²) in [5, 5.41) is 13.3. The lowest BCUT2D eigenvalue weighted by Gasteiger charge is -2.35. The number of sulfone groups is 1. The number of carbonyl (C=O) groups excluding carboxylic acids is 1. The zero-order valence-electron chi connectivity index (χ0n) is 22.5. The molecule has 0 atom stereocenters. The smallest absolute Gasteiger partial charge is 0.271 e. The molecule has 2 aromatic heterocycles. The van der Waals surface area contributed by atoms with E-state index in [9.17, 15) is 18.3 Å². The van der Waals surface area contributed by atoms with Gasteiger partial charge in [0, 0.05) is 25.4 Å². The number of nitrogens with one attached hydrogen (secondary N) is 1. The monoisotopic (exact) mass is 520 g/mol. The molecule has 2 heterocycles. The zero-order chi connectivity index (χ0) is 26.9. The third-order valence-corrected chi connectivity index (χ3v) is 8.49. The van der Waals surface area contributed by atoms with Gasteiger partial charge < -0.3 is 15.2 Å². The predicted octanol–water partition coefficient (Wildman–Crippen LogP) is 3.18. The number of aliphatic hydroxyl groups is 1. The maximum absolute atomic E-state index is 13.1. The Bertz CT molecular complexity index is 1210. The lowest BCUT2D eigenvalue weighted by atomic mass is 9.84. The van der Waals surface area contributed by atoms with Crippen LogP contribution in [0.3, 0.4) is 0 Å². The number of nitrogens with zero attached hydrogens (tertiary/aromatic N) is 3. The molecule has 0 aliphatic heterocycles. The van der Waals surface area contributed by atoms with Crippen LogP contribution in [0.4, 0.5) is 0 Å². The van der Waals surface area contributed by atoms with E-state index in [0.29, 0.717) is 55.2 Å². The van der Waals surface area contributed by atoms with Crippen molar-refractivity contribution in [2.24, 2.45) is 5.41 Å². The number of rotatable bonds is 8. The van der Waals surface area contributed by atoms with Crippen LogP contribution in [0.15, 0.2) is 12.3 Å². The number of ether oxygens (including phenoxy) is 1. The molecule has 0 aromatic carbocycles. The summed E-state index contributed by atoms with van der Waals surface area (Å²) >= 11 is 0. The predicted molar refractivity (Wildman–Crippen MR) is 140 cm³/mol. The van der Waals surface area contributed by atoms with E-state index in [1.54, 1.807) is 7.11 Å². The molecule has 2 N–H and O–H groups in total. The number of hydrogen-bond acceptors (Lipinski definition) is 7. The topological polar surface area (TPSA) is 123 Å². The second-order valence-electron chi connectivity index (χ2n) is 11.2. The fourth-order valence-corrected chi connectivity index (χ4v) is 5.95. The summed E-state index contributed by atoms with van der Waals surface area (Å²) in [6.45, 7) is 10.3. The molecule has 36 heavy (non-hydrogen) atoms. The molecule has 1 fully saturated rings. The van der Waals surface area contributed by atoms with Gasteiger partial charge >= 0.3 is 0 Å². The Morgan fingerprint density at radius 2 is 1.94 bits per heavy atom. The molecule has 0 radical (unpaired) electrons. The number of imidazole rings is 1. The van der Waals surface area contributed by atoms with Gasteiger partial charge in [-0.05, 0) is 56.1 Å². The quantitative estimate of drug-likeness (QED) is 0.548. The Morgan fingerprint density at radius 3 is 2.47 bits per heavy atom. The fraction of sp³-hybridized carbons (Fsp3) is 0.654. The van der Waals surface area contributed by atoms with E-state index in [1.807, 2.05) is 30.7 Å². The summed E-state index contributed by atoms with van der Waals surface area (Å²) < 4.78 is 31.1. The highest BCUT2D eigenvalue weighted by atomic mass is 32.2. The largest absolute Gasteiger partial charge is 0.493 e. The Labute approximate surface area is 214 Å². The van der Waals surface area contributed by atoms with Gasteiger partial charge in [0.1, 0.15) is 21.4 Å². The number of aryl methyl sites for hydroxylation is 1. The number of aromatic nitrogens is 3. The van der Waals surface area contributed by atoms with Crippen LogP contribution in [-0.2, 0) is 22.7 Å². The molecule has 0 spiro atoms. The molecule has 200 valence electrons. The molecule has 3 rings (SSSR count). The lowest BCUT2D eigenvalue weighted by Crippen LogP contribution is -2.47. The van der Waals surface area contributed by atoms with E-state index < -0.39 is 20.7 Å². The summed E-state index contributed by atoms with van der Waals surface area (Å²) in [6, 6.07) is 1.98. The first kappa shape index (κ1) is 28.1. The number of methoxy groups -OCH3 is 1. The molecule has 0 saturated heterocycles. The Balaban J connectivity index is 1.81. The van der Waals surface area contributed by atoms with E-state index in [-0.39, 0.29) is 23.6 Å². The van der Waals surface area contributed by atoms with E-state index in [1.165, 1.54) is 6.26 Å². The fourth-order valence-electron chi connectivity index (χ4n) is 4.86. The first-order chi connectivity index (χ1) is 16.7. The highest BCUT2D eigenvalue weighted by molar-refractivity contribution is 7.91. The average Bonchev–Trinajstić information content (AvgIpc) is 3.12. The molecule has 10 heteroatoms. The minimum Gasteiger partial charge on any atom is -0.493 e. The second kappa shape index (κ2) is 10.5. The maximum atomic E-state index is 13.1. The van der Waals surface area contributed by atoms with Crippen molar-refractivity contribution in [1.29, 1.82) is 0 Å². The van der Waals surface area contributed by atoms with Crippen molar-refractivity contribution in [2.75, 3.05) is 19.9 Å². The van der Waals surface area contributed by atoms with Crippen molar-refractivity contribution in [3.8, 4) is 11.6 Å². The molecule has 1 aliphatic carbocycles. The first-order valence-corrected chi connectivity index (χ1v) is 14.4. The van der Waals surface area contributed by atoms with Gasteiger partial charge in [-0.3, -0.25) is 9.36 Å². The van der Waals surface area contributed by atoms with Gasteiger partial charge in [0.05, 0.1) is 23.7 Å². The van der Waals surface area contributed by atoms with Crippen LogP contribution in [0, 0.1) is 12.3 Å². The average molecular weight is 521 g/mol. The Morgan fingerprint density at radius 1 is 1.31 bits per heavy atom. The molecule has 1 amide bonds. The van der Waals surface area contributed by atoms with Crippen LogP contribution in [-0.4, -0.2) is 64.7 Å².